The highest BCUT2D eigenvalue weighted by atomic mass is 16.5. The lowest BCUT2D eigenvalue weighted by molar-refractivity contribution is -0.152. The summed E-state index contributed by atoms with van der Waals surface area (Å²) >= 11 is 0. The fraction of sp³-hybridized carbons (Fsp3) is 0.750. The van der Waals surface area contributed by atoms with Gasteiger partial charge in [-0.05, 0) is 65.7 Å². The number of hydrogen-bond acceptors (Lipinski definition) is 3. The molecule has 0 aromatic heterocycles. The fourth-order valence-electron chi connectivity index (χ4n) is 4.30. The van der Waals surface area contributed by atoms with Crippen LogP contribution in [0.5, 0.6) is 0 Å². The lowest BCUT2D eigenvalue weighted by Gasteiger charge is -2.36. The number of hydrogen-bond donors (Lipinski definition) is 1. The van der Waals surface area contributed by atoms with Crippen LogP contribution in [0.15, 0.2) is 22.8 Å². The van der Waals surface area contributed by atoms with Crippen LogP contribution >= 0.6 is 0 Å². The van der Waals surface area contributed by atoms with Gasteiger partial charge in [0.1, 0.15) is 6.10 Å². The highest BCUT2D eigenvalue weighted by Gasteiger charge is 2.43. The molecule has 2 aliphatic carbocycles. The van der Waals surface area contributed by atoms with Crippen molar-refractivity contribution in [1.82, 2.24) is 0 Å². The number of fused-ring (bicyclic) bond motifs is 1. The van der Waals surface area contributed by atoms with Crippen LogP contribution in [0.3, 0.4) is 0 Å². The Labute approximate surface area is 140 Å². The van der Waals surface area contributed by atoms with Crippen molar-refractivity contribution in [2.75, 3.05) is 0 Å². The number of esters is 1. The van der Waals surface area contributed by atoms with E-state index in [9.17, 15) is 9.90 Å². The molecule has 2 rings (SSSR count). The Morgan fingerprint density at radius 3 is 2.57 bits per heavy atom. The van der Waals surface area contributed by atoms with Crippen molar-refractivity contribution in [3.63, 3.8) is 0 Å². The zero-order valence-electron chi connectivity index (χ0n) is 15.5. The van der Waals surface area contributed by atoms with E-state index in [2.05, 4.69) is 13.8 Å². The third-order valence-corrected chi connectivity index (χ3v) is 5.60. The van der Waals surface area contributed by atoms with Gasteiger partial charge in [-0.2, -0.15) is 0 Å². The molecule has 1 N–H and O–H groups in total. The summed E-state index contributed by atoms with van der Waals surface area (Å²) in [6, 6.07) is 0. The molecule has 3 nitrogen and oxygen atoms in total. The van der Waals surface area contributed by atoms with Crippen molar-refractivity contribution in [1.29, 1.82) is 0 Å². The maximum Gasteiger partial charge on any atom is 0.330 e. The average molecular weight is 320 g/mol. The van der Waals surface area contributed by atoms with Crippen LogP contribution in [-0.2, 0) is 9.53 Å². The second-order valence-corrected chi connectivity index (χ2v) is 8.33. The Kier molecular flexibility index (Phi) is 5.40. The van der Waals surface area contributed by atoms with Crippen molar-refractivity contribution in [2.24, 2.45) is 17.8 Å². The molecule has 3 heteroatoms. The second-order valence-electron chi connectivity index (χ2n) is 8.33. The average Bonchev–Trinajstić information content (AvgIpc) is 2.66. The van der Waals surface area contributed by atoms with Gasteiger partial charge in [0.25, 0.3) is 0 Å². The van der Waals surface area contributed by atoms with Gasteiger partial charge >= 0.3 is 5.97 Å². The van der Waals surface area contributed by atoms with Crippen LogP contribution in [0.2, 0.25) is 0 Å². The summed E-state index contributed by atoms with van der Waals surface area (Å²) in [5, 5.41) is 10.7. The van der Waals surface area contributed by atoms with E-state index >= 15 is 0 Å². The molecule has 0 saturated heterocycles. The number of aliphatic hydroxyl groups is 1. The van der Waals surface area contributed by atoms with Crippen LogP contribution in [0.25, 0.3) is 0 Å². The van der Waals surface area contributed by atoms with E-state index in [0.717, 1.165) is 24.8 Å². The van der Waals surface area contributed by atoms with Gasteiger partial charge in [0.15, 0.2) is 0 Å². The Bertz CT molecular complexity index is 517. The summed E-state index contributed by atoms with van der Waals surface area (Å²) in [5.74, 6) is 0.854. The zero-order chi connectivity index (χ0) is 17.4. The number of carbonyl (C=O) groups is 1. The first-order valence-corrected chi connectivity index (χ1v) is 8.86. The molecule has 0 aromatic rings. The molecule has 0 bridgehead atoms. The monoisotopic (exact) mass is 320 g/mol. The number of carbonyl (C=O) groups excluding carboxylic acids is 1. The highest BCUT2D eigenvalue weighted by molar-refractivity contribution is 5.82. The van der Waals surface area contributed by atoms with Crippen molar-refractivity contribution in [3.05, 3.63) is 22.8 Å². The van der Waals surface area contributed by atoms with Crippen molar-refractivity contribution in [3.8, 4) is 0 Å². The molecule has 0 radical (unpaired) electrons. The van der Waals surface area contributed by atoms with Crippen LogP contribution in [0.4, 0.5) is 0 Å². The molecule has 4 atom stereocenters. The van der Waals surface area contributed by atoms with Crippen LogP contribution in [0.1, 0.15) is 67.2 Å². The van der Waals surface area contributed by atoms with Crippen molar-refractivity contribution < 1.29 is 14.6 Å². The molecule has 1 saturated carbocycles. The second kappa shape index (κ2) is 6.80. The van der Waals surface area contributed by atoms with E-state index < -0.39 is 5.60 Å². The maximum absolute atomic E-state index is 12.1. The molecule has 0 unspecified atom stereocenters. The van der Waals surface area contributed by atoms with E-state index in [-0.39, 0.29) is 18.0 Å². The summed E-state index contributed by atoms with van der Waals surface area (Å²) in [5.41, 5.74) is 2.99. The van der Waals surface area contributed by atoms with Crippen molar-refractivity contribution in [2.45, 2.75) is 78.9 Å². The van der Waals surface area contributed by atoms with E-state index in [1.807, 2.05) is 27.7 Å². The van der Waals surface area contributed by atoms with E-state index in [0.29, 0.717) is 11.8 Å². The van der Waals surface area contributed by atoms with Crippen LogP contribution in [-0.4, -0.2) is 22.8 Å². The van der Waals surface area contributed by atoms with Gasteiger partial charge in [-0.15, -0.1) is 0 Å². The minimum absolute atomic E-state index is 0.0324. The first kappa shape index (κ1) is 18.3. The van der Waals surface area contributed by atoms with Gasteiger partial charge in [0.2, 0.25) is 0 Å². The minimum atomic E-state index is -0.853. The van der Waals surface area contributed by atoms with E-state index in [1.54, 1.807) is 5.57 Å². The van der Waals surface area contributed by atoms with Gasteiger partial charge < -0.3 is 9.84 Å². The Hall–Kier alpha value is -1.09. The van der Waals surface area contributed by atoms with Gasteiger partial charge in [-0.1, -0.05) is 23.6 Å². The zero-order valence-corrected chi connectivity index (χ0v) is 15.5. The Morgan fingerprint density at radius 2 is 2.00 bits per heavy atom. The quantitative estimate of drug-likeness (QED) is 0.476. The van der Waals surface area contributed by atoms with Crippen molar-refractivity contribution >= 4 is 5.97 Å². The maximum atomic E-state index is 12.1. The van der Waals surface area contributed by atoms with E-state index in [4.69, 9.17) is 4.74 Å². The van der Waals surface area contributed by atoms with Crippen LogP contribution < -0.4 is 0 Å². The summed E-state index contributed by atoms with van der Waals surface area (Å²) in [6.07, 6.45) is 5.34. The van der Waals surface area contributed by atoms with Gasteiger partial charge in [-0.25, -0.2) is 4.79 Å². The molecule has 0 aliphatic heterocycles. The lowest BCUT2D eigenvalue weighted by Crippen LogP contribution is -2.42. The molecular formula is C20H32O3. The first-order valence-electron chi connectivity index (χ1n) is 8.86. The molecule has 23 heavy (non-hydrogen) atoms. The predicted octanol–water partition coefficient (Wildman–Crippen LogP) is 4.41. The number of rotatable bonds is 3. The topological polar surface area (TPSA) is 46.5 Å². The third-order valence-electron chi connectivity index (χ3n) is 5.60. The molecule has 1 fully saturated rings. The summed E-state index contributed by atoms with van der Waals surface area (Å²) in [7, 11) is 0. The largest absolute Gasteiger partial charge is 0.458 e. The SMILES string of the molecule is CC(C)=CC(=O)O[C@H]1CC(C)=C2CC[C@H](C)[C@@H]2C[C@@H]1C(C)(C)O. The molecule has 0 heterocycles. The summed E-state index contributed by atoms with van der Waals surface area (Å²) < 4.78 is 5.78. The number of ether oxygens (including phenoxy) is 1. The molecule has 2 aliphatic rings. The standard InChI is InChI=1S/C20H32O3/c1-12(2)9-19(21)23-18-10-14(4)15-8-7-13(3)16(15)11-17(18)20(5,6)22/h9,13,16-18,22H,7-8,10-11H2,1-6H3/t13-,16-,17-,18-/m0/s1. The van der Waals surface area contributed by atoms with Gasteiger partial charge in [0.05, 0.1) is 5.60 Å². The Morgan fingerprint density at radius 1 is 1.35 bits per heavy atom. The fourth-order valence-corrected chi connectivity index (χ4v) is 4.30. The first-order chi connectivity index (χ1) is 10.6. The predicted molar refractivity (Wildman–Crippen MR) is 92.9 cm³/mol. The molecule has 0 spiro atoms. The lowest BCUT2D eigenvalue weighted by atomic mass is 9.77. The van der Waals surface area contributed by atoms with E-state index in [1.165, 1.54) is 18.1 Å². The number of allylic oxidation sites excluding steroid dienone is 2. The molecule has 130 valence electrons. The van der Waals surface area contributed by atoms with Crippen LogP contribution in [0, 0.1) is 17.8 Å². The summed E-state index contributed by atoms with van der Waals surface area (Å²) in [6.45, 7) is 12.0. The highest BCUT2D eigenvalue weighted by Crippen LogP contribution is 2.48. The smallest absolute Gasteiger partial charge is 0.330 e. The normalized spacial score (nSPS) is 31.4. The Balaban J connectivity index is 2.29. The minimum Gasteiger partial charge on any atom is -0.458 e. The van der Waals surface area contributed by atoms with Gasteiger partial charge in [0, 0.05) is 18.4 Å². The molecule has 0 aromatic carbocycles. The molecular weight excluding hydrogens is 288 g/mol. The van der Waals surface area contributed by atoms with Gasteiger partial charge in [-0.3, -0.25) is 0 Å². The molecule has 0 amide bonds. The third kappa shape index (κ3) is 4.26. The summed E-state index contributed by atoms with van der Waals surface area (Å²) in [4.78, 5) is 12.1.